The molecule has 1 saturated heterocycles. The van der Waals surface area contributed by atoms with Crippen molar-refractivity contribution < 1.29 is 4.79 Å². The van der Waals surface area contributed by atoms with E-state index in [4.69, 9.17) is 16.9 Å². The number of hydrogen-bond acceptors (Lipinski definition) is 6. The molecule has 5 N–H and O–H groups in total. The number of piperazine rings is 1. The lowest BCUT2D eigenvalue weighted by Gasteiger charge is -2.32. The summed E-state index contributed by atoms with van der Waals surface area (Å²) in [5.41, 5.74) is 14.5. The van der Waals surface area contributed by atoms with E-state index in [2.05, 4.69) is 27.9 Å². The van der Waals surface area contributed by atoms with Gasteiger partial charge in [0.1, 0.15) is 5.71 Å². The molecule has 0 saturated carbocycles. The number of nitrogens with zero attached hydrogens (tertiary/aromatic N) is 3. The van der Waals surface area contributed by atoms with Gasteiger partial charge in [-0.05, 0) is 36.4 Å². The summed E-state index contributed by atoms with van der Waals surface area (Å²) in [7, 11) is 2.14. The first-order valence-electron chi connectivity index (χ1n) is 8.57. The maximum Gasteiger partial charge on any atom is 0.267 e. The van der Waals surface area contributed by atoms with Gasteiger partial charge < -0.3 is 16.4 Å². The second-order valence-corrected chi connectivity index (χ2v) is 6.70. The minimum Gasteiger partial charge on any atom is -0.398 e. The molecular weight excluding hydrogens is 328 g/mol. The van der Waals surface area contributed by atoms with Crippen molar-refractivity contribution in [3.05, 3.63) is 47.8 Å². The third kappa shape index (κ3) is 4.07. The molecule has 0 atom stereocenters. The Kier molecular flexibility index (Phi) is 5.29. The molecule has 2 heterocycles. The van der Waals surface area contributed by atoms with E-state index in [1.807, 2.05) is 12.3 Å². The molecule has 0 spiro atoms. The fourth-order valence-electron chi connectivity index (χ4n) is 3.08. The zero-order valence-electron chi connectivity index (χ0n) is 14.9. The van der Waals surface area contributed by atoms with Crippen LogP contribution in [0.25, 0.3) is 11.1 Å². The molecule has 7 heteroatoms. The van der Waals surface area contributed by atoms with Crippen molar-refractivity contribution in [2.75, 3.05) is 39.0 Å². The van der Waals surface area contributed by atoms with E-state index in [0.717, 1.165) is 49.4 Å². The maximum atomic E-state index is 11.3. The third-order valence-electron chi connectivity index (χ3n) is 4.70. The van der Waals surface area contributed by atoms with E-state index in [1.54, 1.807) is 18.3 Å². The molecule has 1 aromatic heterocycles. The highest BCUT2D eigenvalue weighted by molar-refractivity contribution is 6.44. The quantitative estimate of drug-likeness (QED) is 0.547. The predicted octanol–water partition coefficient (Wildman–Crippen LogP) is 0.931. The number of nitrogens with one attached hydrogen (secondary N) is 1. The lowest BCUT2D eigenvalue weighted by Crippen LogP contribution is -2.43. The van der Waals surface area contributed by atoms with Crippen molar-refractivity contribution in [3.63, 3.8) is 0 Å². The monoisotopic (exact) mass is 352 g/mol. The van der Waals surface area contributed by atoms with Crippen molar-refractivity contribution in [2.45, 2.75) is 6.54 Å². The molecule has 1 amide bonds. The topological polar surface area (TPSA) is 112 Å². The van der Waals surface area contributed by atoms with Crippen LogP contribution < -0.4 is 11.5 Å². The van der Waals surface area contributed by atoms with Crippen LogP contribution in [0.2, 0.25) is 0 Å². The van der Waals surface area contributed by atoms with Gasteiger partial charge in [-0.15, -0.1) is 0 Å². The molecule has 0 aliphatic carbocycles. The second kappa shape index (κ2) is 7.63. The molecular formula is C19H24N6O. The summed E-state index contributed by atoms with van der Waals surface area (Å²) < 4.78 is 0. The molecule has 1 aliphatic rings. The lowest BCUT2D eigenvalue weighted by atomic mass is 9.99. The highest BCUT2D eigenvalue weighted by Crippen LogP contribution is 2.25. The van der Waals surface area contributed by atoms with Gasteiger partial charge in [0.2, 0.25) is 0 Å². The van der Waals surface area contributed by atoms with E-state index in [0.29, 0.717) is 11.3 Å². The molecule has 7 nitrogen and oxygen atoms in total. The number of amides is 1. The van der Waals surface area contributed by atoms with Crippen LogP contribution in [0.15, 0.2) is 36.7 Å². The van der Waals surface area contributed by atoms with Crippen LogP contribution in [-0.2, 0) is 11.3 Å². The number of rotatable bonds is 5. The normalized spacial score (nSPS) is 15.7. The molecule has 26 heavy (non-hydrogen) atoms. The van der Waals surface area contributed by atoms with Gasteiger partial charge in [0.15, 0.2) is 0 Å². The first-order valence-corrected chi connectivity index (χ1v) is 8.57. The van der Waals surface area contributed by atoms with Crippen LogP contribution in [0, 0.1) is 5.41 Å². The number of hydrogen-bond donors (Lipinski definition) is 3. The van der Waals surface area contributed by atoms with E-state index in [-0.39, 0.29) is 5.71 Å². The number of anilines is 1. The fourth-order valence-corrected chi connectivity index (χ4v) is 3.08. The van der Waals surface area contributed by atoms with E-state index in [9.17, 15) is 4.79 Å². The molecule has 0 bridgehead atoms. The zero-order valence-corrected chi connectivity index (χ0v) is 14.9. The number of primary amides is 1. The van der Waals surface area contributed by atoms with Crippen molar-refractivity contribution >= 4 is 17.3 Å². The fraction of sp³-hybridized carbons (Fsp3) is 0.316. The van der Waals surface area contributed by atoms with Crippen LogP contribution in [0.1, 0.15) is 11.1 Å². The van der Waals surface area contributed by atoms with Gasteiger partial charge >= 0.3 is 0 Å². The average Bonchev–Trinajstić information content (AvgIpc) is 2.63. The number of nitrogen functional groups attached to an aromatic ring is 1. The zero-order chi connectivity index (χ0) is 18.7. The third-order valence-corrected chi connectivity index (χ3v) is 4.70. The van der Waals surface area contributed by atoms with E-state index in [1.165, 1.54) is 0 Å². The molecule has 2 aromatic rings. The number of pyridine rings is 1. The molecule has 0 unspecified atom stereocenters. The van der Waals surface area contributed by atoms with Gasteiger partial charge in [0.05, 0.1) is 0 Å². The van der Waals surface area contributed by atoms with Crippen LogP contribution in [0.4, 0.5) is 5.69 Å². The average molecular weight is 352 g/mol. The standard InChI is InChI=1S/C19H24N6O/c1-24-4-6-25(7-5-24)12-13-8-15(11-23-10-13)14-2-3-17(20)16(9-14)18(21)19(22)26/h2-3,8-11,21H,4-7,12,20H2,1H3,(H2,22,26). The highest BCUT2D eigenvalue weighted by Gasteiger charge is 2.15. The smallest absolute Gasteiger partial charge is 0.267 e. The largest absolute Gasteiger partial charge is 0.398 e. The molecule has 136 valence electrons. The Morgan fingerprint density at radius 2 is 1.88 bits per heavy atom. The first-order chi connectivity index (χ1) is 12.4. The summed E-state index contributed by atoms with van der Waals surface area (Å²) in [5.74, 6) is -0.796. The number of benzene rings is 1. The molecule has 1 aliphatic heterocycles. The van der Waals surface area contributed by atoms with Crippen molar-refractivity contribution in [3.8, 4) is 11.1 Å². The summed E-state index contributed by atoms with van der Waals surface area (Å²) in [6, 6.07) is 7.37. The minimum absolute atomic E-state index is 0.286. The van der Waals surface area contributed by atoms with Crippen molar-refractivity contribution in [1.29, 1.82) is 5.41 Å². The Balaban J connectivity index is 1.83. The number of nitrogens with two attached hydrogens (primary N) is 2. The number of aromatic nitrogens is 1. The number of likely N-dealkylation sites (N-methyl/N-ethyl adjacent to an activating group) is 1. The summed E-state index contributed by atoms with van der Waals surface area (Å²) >= 11 is 0. The Morgan fingerprint density at radius 1 is 1.15 bits per heavy atom. The minimum atomic E-state index is -0.796. The Bertz CT molecular complexity index is 827. The van der Waals surface area contributed by atoms with Crippen LogP contribution in [-0.4, -0.2) is 59.6 Å². The van der Waals surface area contributed by atoms with Crippen LogP contribution >= 0.6 is 0 Å². The van der Waals surface area contributed by atoms with E-state index >= 15 is 0 Å². The maximum absolute atomic E-state index is 11.3. The summed E-state index contributed by atoms with van der Waals surface area (Å²) in [6.07, 6.45) is 3.65. The second-order valence-electron chi connectivity index (χ2n) is 6.70. The van der Waals surface area contributed by atoms with Gasteiger partial charge in [-0.2, -0.15) is 0 Å². The molecule has 1 aromatic carbocycles. The number of carbonyl (C=O) groups excluding carboxylic acids is 1. The molecule has 1 fully saturated rings. The molecule has 3 rings (SSSR count). The SMILES string of the molecule is CN1CCN(Cc2cncc(-c3ccc(N)c(C(=N)C(N)=O)c3)c2)CC1. The van der Waals surface area contributed by atoms with Gasteiger partial charge in [0.25, 0.3) is 5.91 Å². The van der Waals surface area contributed by atoms with Crippen LogP contribution in [0.3, 0.4) is 0 Å². The Hall–Kier alpha value is -2.77. The number of carbonyl (C=O) groups is 1. The van der Waals surface area contributed by atoms with Crippen molar-refractivity contribution in [2.24, 2.45) is 5.73 Å². The highest BCUT2D eigenvalue weighted by atomic mass is 16.1. The van der Waals surface area contributed by atoms with Gasteiger partial charge in [0, 0.05) is 61.9 Å². The van der Waals surface area contributed by atoms with Gasteiger partial charge in [-0.1, -0.05) is 6.07 Å². The summed E-state index contributed by atoms with van der Waals surface area (Å²) in [6.45, 7) is 5.09. The van der Waals surface area contributed by atoms with Crippen molar-refractivity contribution in [1.82, 2.24) is 14.8 Å². The Labute approximate surface area is 153 Å². The summed E-state index contributed by atoms with van der Waals surface area (Å²) in [5, 5.41) is 7.83. The molecule has 0 radical (unpaired) electrons. The lowest BCUT2D eigenvalue weighted by molar-refractivity contribution is -0.112. The van der Waals surface area contributed by atoms with Gasteiger partial charge in [-0.25, -0.2) is 0 Å². The predicted molar refractivity (Wildman–Crippen MR) is 103 cm³/mol. The summed E-state index contributed by atoms with van der Waals surface area (Å²) in [4.78, 5) is 20.4. The Morgan fingerprint density at radius 3 is 2.58 bits per heavy atom. The van der Waals surface area contributed by atoms with E-state index < -0.39 is 5.91 Å². The van der Waals surface area contributed by atoms with Gasteiger partial charge in [-0.3, -0.25) is 20.1 Å². The first kappa shape index (κ1) is 18.0. The van der Waals surface area contributed by atoms with Crippen LogP contribution in [0.5, 0.6) is 0 Å².